The van der Waals surface area contributed by atoms with Gasteiger partial charge in [-0.3, -0.25) is 4.90 Å². The van der Waals surface area contributed by atoms with E-state index in [0.29, 0.717) is 24.9 Å². The molecule has 3 N–H and O–H groups in total. The van der Waals surface area contributed by atoms with Crippen LogP contribution in [-0.4, -0.2) is 54.4 Å². The number of anilines is 1. The van der Waals surface area contributed by atoms with Gasteiger partial charge in [-0.15, -0.1) is 0 Å². The molecule has 1 aromatic carbocycles. The Balaban J connectivity index is 2.35. The molecule has 5 heteroatoms. The summed E-state index contributed by atoms with van der Waals surface area (Å²) in [5.41, 5.74) is 6.32. The maximum atomic E-state index is 10.0. The summed E-state index contributed by atoms with van der Waals surface area (Å²) in [5, 5.41) is 10.0. The summed E-state index contributed by atoms with van der Waals surface area (Å²) in [4.78, 5) is 2.20. The van der Waals surface area contributed by atoms with E-state index in [1.165, 1.54) is 0 Å². The number of hydrogen-bond acceptors (Lipinski definition) is 5. The fourth-order valence-electron chi connectivity index (χ4n) is 2.04. The molecule has 0 saturated carbocycles. The van der Waals surface area contributed by atoms with E-state index in [2.05, 4.69) is 25.1 Å². The van der Waals surface area contributed by atoms with Gasteiger partial charge in [-0.2, -0.15) is 11.8 Å². The van der Waals surface area contributed by atoms with Crippen molar-refractivity contribution in [1.82, 2.24) is 4.90 Å². The van der Waals surface area contributed by atoms with Crippen molar-refractivity contribution >= 4 is 17.4 Å². The summed E-state index contributed by atoms with van der Waals surface area (Å²) >= 11 is 1.83. The van der Waals surface area contributed by atoms with E-state index in [4.69, 9.17) is 10.5 Å². The Kier molecular flexibility index (Phi) is 7.80. The Morgan fingerprint density at radius 2 is 2.00 bits per heavy atom. The van der Waals surface area contributed by atoms with Crippen LogP contribution in [0.25, 0.3) is 0 Å². The molecular weight excluding hydrogens is 272 g/mol. The van der Waals surface area contributed by atoms with Crippen LogP contribution in [0.2, 0.25) is 0 Å². The third-order valence-corrected chi connectivity index (χ3v) is 3.99. The molecule has 114 valence electrons. The van der Waals surface area contributed by atoms with Gasteiger partial charge >= 0.3 is 0 Å². The van der Waals surface area contributed by atoms with Gasteiger partial charge in [0.15, 0.2) is 0 Å². The molecule has 1 aromatic rings. The molecule has 0 aliphatic heterocycles. The Morgan fingerprint density at radius 3 is 2.55 bits per heavy atom. The van der Waals surface area contributed by atoms with Crippen molar-refractivity contribution in [3.8, 4) is 5.75 Å². The van der Waals surface area contributed by atoms with Crippen LogP contribution < -0.4 is 10.5 Å². The largest absolute Gasteiger partial charge is 0.491 e. The SMILES string of the molecule is CCC(CSC)N(C)CC(O)COc1ccc(N)cc1. The number of aliphatic hydroxyl groups excluding tert-OH is 1. The Bertz CT molecular complexity index is 373. The van der Waals surface area contributed by atoms with Crippen molar-refractivity contribution in [3.05, 3.63) is 24.3 Å². The molecule has 0 bridgehead atoms. The number of nitrogens with zero attached hydrogens (tertiary/aromatic N) is 1. The van der Waals surface area contributed by atoms with Crippen LogP contribution in [0.1, 0.15) is 13.3 Å². The summed E-state index contributed by atoms with van der Waals surface area (Å²) < 4.78 is 5.56. The van der Waals surface area contributed by atoms with E-state index in [9.17, 15) is 5.11 Å². The second-order valence-corrected chi connectivity index (χ2v) is 5.90. The van der Waals surface area contributed by atoms with E-state index in [-0.39, 0.29) is 0 Å². The molecular formula is C15H26N2O2S. The lowest BCUT2D eigenvalue weighted by molar-refractivity contribution is 0.0656. The van der Waals surface area contributed by atoms with Crippen LogP contribution in [0.5, 0.6) is 5.75 Å². The fraction of sp³-hybridized carbons (Fsp3) is 0.600. The summed E-state index contributed by atoms with van der Waals surface area (Å²) in [5.74, 6) is 1.82. The first-order chi connectivity index (χ1) is 9.56. The van der Waals surface area contributed by atoms with Crippen LogP contribution in [0.15, 0.2) is 24.3 Å². The van der Waals surface area contributed by atoms with E-state index >= 15 is 0 Å². The summed E-state index contributed by atoms with van der Waals surface area (Å²) in [7, 11) is 2.05. The average molecular weight is 298 g/mol. The lowest BCUT2D eigenvalue weighted by Gasteiger charge is -2.28. The lowest BCUT2D eigenvalue weighted by Crippen LogP contribution is -2.40. The quantitative estimate of drug-likeness (QED) is 0.684. The first kappa shape index (κ1) is 17.1. The molecule has 0 radical (unpaired) electrons. The summed E-state index contributed by atoms with van der Waals surface area (Å²) in [6.07, 6.45) is 2.70. The van der Waals surface area contributed by atoms with Gasteiger partial charge in [0, 0.05) is 24.0 Å². The first-order valence-corrected chi connectivity index (χ1v) is 8.31. The number of nitrogen functional groups attached to an aromatic ring is 1. The van der Waals surface area contributed by atoms with Crippen LogP contribution in [0, 0.1) is 0 Å². The Hall–Kier alpha value is -0.910. The van der Waals surface area contributed by atoms with Crippen LogP contribution in [0.3, 0.4) is 0 Å². The molecule has 4 nitrogen and oxygen atoms in total. The average Bonchev–Trinajstić information content (AvgIpc) is 2.44. The highest BCUT2D eigenvalue weighted by Gasteiger charge is 2.16. The minimum absolute atomic E-state index is 0.296. The van der Waals surface area contributed by atoms with Crippen molar-refractivity contribution in [2.75, 3.05) is 37.9 Å². The second-order valence-electron chi connectivity index (χ2n) is 4.99. The topological polar surface area (TPSA) is 58.7 Å². The van der Waals surface area contributed by atoms with Gasteiger partial charge in [-0.05, 0) is 44.0 Å². The zero-order chi connectivity index (χ0) is 15.0. The maximum Gasteiger partial charge on any atom is 0.119 e. The van der Waals surface area contributed by atoms with Crippen LogP contribution in [-0.2, 0) is 0 Å². The van der Waals surface area contributed by atoms with E-state index < -0.39 is 6.10 Å². The van der Waals surface area contributed by atoms with Gasteiger partial charge in [-0.25, -0.2) is 0 Å². The molecule has 0 amide bonds. The highest BCUT2D eigenvalue weighted by atomic mass is 32.2. The third kappa shape index (κ3) is 6.03. The van der Waals surface area contributed by atoms with Gasteiger partial charge in [0.25, 0.3) is 0 Å². The highest BCUT2D eigenvalue weighted by molar-refractivity contribution is 7.98. The number of benzene rings is 1. The standard InChI is InChI=1S/C15H26N2O2S/c1-4-13(11-20-3)17(2)9-14(18)10-19-15-7-5-12(16)6-8-15/h5-8,13-14,18H,4,9-11,16H2,1-3H3. The zero-order valence-corrected chi connectivity index (χ0v) is 13.4. The normalized spacial score (nSPS) is 14.2. The molecule has 0 saturated heterocycles. The third-order valence-electron chi connectivity index (χ3n) is 3.27. The van der Waals surface area contributed by atoms with Gasteiger partial charge in [0.2, 0.25) is 0 Å². The zero-order valence-electron chi connectivity index (χ0n) is 12.6. The predicted molar refractivity (Wildman–Crippen MR) is 87.4 cm³/mol. The van der Waals surface area contributed by atoms with Gasteiger partial charge in [0.1, 0.15) is 18.5 Å². The molecule has 0 aliphatic rings. The second kappa shape index (κ2) is 9.10. The minimum Gasteiger partial charge on any atom is -0.491 e. The molecule has 0 heterocycles. The lowest BCUT2D eigenvalue weighted by atomic mass is 10.2. The number of thioether (sulfide) groups is 1. The molecule has 2 atom stereocenters. The smallest absolute Gasteiger partial charge is 0.119 e. The highest BCUT2D eigenvalue weighted by Crippen LogP contribution is 2.14. The number of nitrogens with two attached hydrogens (primary N) is 1. The number of hydrogen-bond donors (Lipinski definition) is 2. The number of likely N-dealkylation sites (N-methyl/N-ethyl adjacent to an activating group) is 1. The first-order valence-electron chi connectivity index (χ1n) is 6.92. The number of rotatable bonds is 9. The monoisotopic (exact) mass is 298 g/mol. The van der Waals surface area contributed by atoms with Crippen LogP contribution in [0.4, 0.5) is 5.69 Å². The van der Waals surface area contributed by atoms with Crippen molar-refractivity contribution in [2.24, 2.45) is 0 Å². The summed E-state index contributed by atoms with van der Waals surface area (Å²) in [6, 6.07) is 7.71. The molecule has 2 unspecified atom stereocenters. The van der Waals surface area contributed by atoms with E-state index in [1.54, 1.807) is 12.1 Å². The minimum atomic E-state index is -0.492. The van der Waals surface area contributed by atoms with Gasteiger partial charge in [-0.1, -0.05) is 6.92 Å². The van der Waals surface area contributed by atoms with Crippen LogP contribution >= 0.6 is 11.8 Å². The Labute approximate surface area is 126 Å². The van der Waals surface area contributed by atoms with Gasteiger partial charge < -0.3 is 15.6 Å². The molecule has 0 fully saturated rings. The van der Waals surface area contributed by atoms with Crippen molar-refractivity contribution in [2.45, 2.75) is 25.5 Å². The van der Waals surface area contributed by atoms with Crippen molar-refractivity contribution < 1.29 is 9.84 Å². The predicted octanol–water partition coefficient (Wildman–Crippen LogP) is 2.08. The van der Waals surface area contributed by atoms with E-state index in [1.807, 2.05) is 23.9 Å². The van der Waals surface area contributed by atoms with E-state index in [0.717, 1.165) is 17.9 Å². The number of aliphatic hydroxyl groups is 1. The fourth-order valence-corrected chi connectivity index (χ4v) is 2.91. The van der Waals surface area contributed by atoms with Crippen molar-refractivity contribution in [1.29, 1.82) is 0 Å². The number of ether oxygens (including phenoxy) is 1. The molecule has 20 heavy (non-hydrogen) atoms. The van der Waals surface area contributed by atoms with Crippen molar-refractivity contribution in [3.63, 3.8) is 0 Å². The summed E-state index contributed by atoms with van der Waals surface area (Å²) in [6.45, 7) is 3.09. The molecule has 0 aliphatic carbocycles. The molecule has 0 spiro atoms. The maximum absolute atomic E-state index is 10.0. The molecule has 1 rings (SSSR count). The Morgan fingerprint density at radius 1 is 1.35 bits per heavy atom. The molecule has 0 aromatic heterocycles. The van der Waals surface area contributed by atoms with Gasteiger partial charge in [0.05, 0.1) is 0 Å².